The van der Waals surface area contributed by atoms with Crippen molar-refractivity contribution < 1.29 is 19.4 Å². The Morgan fingerprint density at radius 2 is 1.69 bits per heavy atom. The van der Waals surface area contributed by atoms with Gasteiger partial charge in [-0.1, -0.05) is 0 Å². The molecule has 1 aromatic carbocycles. The number of carboxylic acid groups (broad SMARTS) is 1. The molecule has 0 N–H and O–H groups in total. The third-order valence-corrected chi connectivity index (χ3v) is 1.21. The van der Waals surface area contributed by atoms with Crippen LogP contribution in [0.15, 0.2) is 24.3 Å². The molecule has 16 heavy (non-hydrogen) atoms. The van der Waals surface area contributed by atoms with E-state index >= 15 is 0 Å². The molecule has 6 heteroatoms. The quantitative estimate of drug-likeness (QED) is 0.399. The molecule has 1 rings (SSSR count). The number of hydrogen-bond donors (Lipinski definition) is 0. The van der Waals surface area contributed by atoms with Crippen molar-refractivity contribution in [2.45, 2.75) is 13.8 Å². The van der Waals surface area contributed by atoms with E-state index in [2.05, 4.69) is 4.98 Å². The van der Waals surface area contributed by atoms with E-state index in [9.17, 15) is 4.79 Å². The SMILES string of the molecule is CC(=O)Oc1ccc([N+]#N)cc1.CC(=O)[O-]. The van der Waals surface area contributed by atoms with Crippen LogP contribution in [0.4, 0.5) is 5.69 Å². The van der Waals surface area contributed by atoms with Crippen LogP contribution >= 0.6 is 0 Å². The van der Waals surface area contributed by atoms with Crippen LogP contribution in [0, 0.1) is 5.39 Å². The Bertz CT molecular complexity index is 402. The van der Waals surface area contributed by atoms with E-state index in [0.29, 0.717) is 11.4 Å². The van der Waals surface area contributed by atoms with Crippen molar-refractivity contribution in [3.63, 3.8) is 0 Å². The number of hydrogen-bond acceptors (Lipinski definition) is 5. The summed E-state index contributed by atoms with van der Waals surface area (Å²) in [6, 6.07) is 6.18. The number of rotatable bonds is 1. The molecule has 0 aliphatic carbocycles. The van der Waals surface area contributed by atoms with Crippen molar-refractivity contribution in [3.8, 4) is 5.75 Å². The first-order chi connectivity index (χ1) is 7.45. The van der Waals surface area contributed by atoms with Crippen LogP contribution in [0.1, 0.15) is 13.8 Å². The van der Waals surface area contributed by atoms with Crippen LogP contribution in [0.25, 0.3) is 4.98 Å². The maximum atomic E-state index is 10.5. The highest BCUT2D eigenvalue weighted by Gasteiger charge is 2.03. The van der Waals surface area contributed by atoms with Gasteiger partial charge in [-0.05, 0) is 19.1 Å². The molecule has 0 atom stereocenters. The fourth-order valence-corrected chi connectivity index (χ4v) is 0.747. The molecule has 0 spiro atoms. The molecule has 0 saturated heterocycles. The minimum absolute atomic E-state index is 0.372. The van der Waals surface area contributed by atoms with E-state index in [1.807, 2.05) is 0 Å². The van der Waals surface area contributed by atoms with Gasteiger partial charge in [0, 0.05) is 25.0 Å². The second-order valence-corrected chi connectivity index (χ2v) is 2.68. The second kappa shape index (κ2) is 6.95. The molecule has 0 heterocycles. The van der Waals surface area contributed by atoms with E-state index in [4.69, 9.17) is 20.0 Å². The smallest absolute Gasteiger partial charge is 0.385 e. The molecule has 1 aromatic rings. The van der Waals surface area contributed by atoms with Gasteiger partial charge in [0.15, 0.2) is 4.98 Å². The van der Waals surface area contributed by atoms with Gasteiger partial charge in [-0.15, -0.1) is 0 Å². The molecular formula is C10H10N2O4. The van der Waals surface area contributed by atoms with Crippen LogP contribution in [0.2, 0.25) is 0 Å². The number of carboxylic acids is 1. The van der Waals surface area contributed by atoms with Gasteiger partial charge in [-0.3, -0.25) is 4.79 Å². The maximum absolute atomic E-state index is 10.5. The first-order valence-electron chi connectivity index (χ1n) is 4.27. The lowest BCUT2D eigenvalue weighted by Gasteiger charge is -1.96. The van der Waals surface area contributed by atoms with Gasteiger partial charge < -0.3 is 14.6 Å². The van der Waals surface area contributed by atoms with Gasteiger partial charge in [-0.25, -0.2) is 0 Å². The molecule has 0 saturated carbocycles. The third-order valence-electron chi connectivity index (χ3n) is 1.21. The molecule has 6 nitrogen and oxygen atoms in total. The van der Waals surface area contributed by atoms with Gasteiger partial charge in [0.05, 0.1) is 0 Å². The fraction of sp³-hybridized carbons (Fsp3) is 0.200. The first-order valence-corrected chi connectivity index (χ1v) is 4.27. The Morgan fingerprint density at radius 1 is 1.25 bits per heavy atom. The second-order valence-electron chi connectivity index (χ2n) is 2.68. The Labute approximate surface area is 92.1 Å². The number of ether oxygens (including phenoxy) is 1. The third kappa shape index (κ3) is 7.03. The van der Waals surface area contributed by atoms with Gasteiger partial charge in [0.1, 0.15) is 5.75 Å². The van der Waals surface area contributed by atoms with E-state index in [-0.39, 0.29) is 5.97 Å². The zero-order valence-electron chi connectivity index (χ0n) is 8.84. The van der Waals surface area contributed by atoms with E-state index < -0.39 is 5.97 Å². The Morgan fingerprint density at radius 3 is 2.00 bits per heavy atom. The summed E-state index contributed by atoms with van der Waals surface area (Å²) >= 11 is 0. The van der Waals surface area contributed by atoms with Gasteiger partial charge >= 0.3 is 11.7 Å². The first kappa shape index (κ1) is 13.6. The average molecular weight is 222 g/mol. The molecule has 0 radical (unpaired) electrons. The molecular weight excluding hydrogens is 212 g/mol. The van der Waals surface area contributed by atoms with Crippen LogP contribution in [0.5, 0.6) is 5.75 Å². The lowest BCUT2D eigenvalue weighted by Crippen LogP contribution is -2.16. The number of nitrogens with zero attached hydrogens (tertiary/aromatic N) is 2. The molecule has 0 bridgehead atoms. The summed E-state index contributed by atoms with van der Waals surface area (Å²) < 4.78 is 4.75. The number of carbonyl (C=O) groups excluding carboxylic acids is 2. The Balaban J connectivity index is 0.000000487. The Hall–Kier alpha value is -2.42. The van der Waals surface area contributed by atoms with E-state index in [0.717, 1.165) is 6.92 Å². The van der Waals surface area contributed by atoms with E-state index in [1.54, 1.807) is 12.1 Å². The van der Waals surface area contributed by atoms with Crippen LogP contribution < -0.4 is 9.84 Å². The largest absolute Gasteiger partial charge is 0.550 e. The maximum Gasteiger partial charge on any atom is 0.385 e. The molecule has 0 aromatic heterocycles. The van der Waals surface area contributed by atoms with Crippen LogP contribution in [-0.2, 0) is 9.59 Å². The highest BCUT2D eigenvalue weighted by atomic mass is 16.5. The minimum atomic E-state index is -1.08. The predicted octanol–water partition coefficient (Wildman–Crippen LogP) is 0.853. The van der Waals surface area contributed by atoms with Gasteiger partial charge in [0.25, 0.3) is 0 Å². The zero-order valence-corrected chi connectivity index (χ0v) is 8.84. The normalized spacial score (nSPS) is 8.06. The highest BCUT2D eigenvalue weighted by molar-refractivity contribution is 5.69. The molecule has 84 valence electrons. The van der Waals surface area contributed by atoms with E-state index in [1.165, 1.54) is 19.1 Å². The fourth-order valence-electron chi connectivity index (χ4n) is 0.747. The summed E-state index contributed by atoms with van der Waals surface area (Å²) in [7, 11) is 0. The lowest BCUT2D eigenvalue weighted by molar-refractivity contribution is -0.302. The predicted molar refractivity (Wildman–Crippen MR) is 53.2 cm³/mol. The standard InChI is InChI=1S/C8H7N2O2.C2H4O2/c1-6(11)12-8-4-2-7(10-9)3-5-8;1-2(3)4/h2-5H,1H3;1H3,(H,3,4)/q+1;/p-1. The average Bonchev–Trinajstić information content (AvgIpc) is 2.17. The zero-order chi connectivity index (χ0) is 12.6. The topological polar surface area (TPSA) is 94.6 Å². The van der Waals surface area contributed by atoms with Gasteiger partial charge in [0.2, 0.25) is 5.39 Å². The number of esters is 1. The van der Waals surface area contributed by atoms with Crippen molar-refractivity contribution in [2.24, 2.45) is 0 Å². The summed E-state index contributed by atoms with van der Waals surface area (Å²) in [4.78, 5) is 22.3. The lowest BCUT2D eigenvalue weighted by atomic mass is 10.3. The van der Waals surface area contributed by atoms with Crippen molar-refractivity contribution in [1.29, 1.82) is 5.39 Å². The molecule has 0 aliphatic heterocycles. The molecule has 0 fully saturated rings. The monoisotopic (exact) mass is 222 g/mol. The van der Waals surface area contributed by atoms with Crippen molar-refractivity contribution in [3.05, 3.63) is 29.2 Å². The molecule has 0 unspecified atom stereocenters. The summed E-state index contributed by atoms with van der Waals surface area (Å²) in [6.07, 6.45) is 0. The van der Waals surface area contributed by atoms with Crippen molar-refractivity contribution >= 4 is 17.6 Å². The van der Waals surface area contributed by atoms with Crippen molar-refractivity contribution in [1.82, 2.24) is 0 Å². The number of carbonyl (C=O) groups is 2. The number of aliphatic carboxylic acids is 1. The number of benzene rings is 1. The van der Waals surface area contributed by atoms with Crippen LogP contribution in [-0.4, -0.2) is 11.9 Å². The van der Waals surface area contributed by atoms with Crippen LogP contribution in [0.3, 0.4) is 0 Å². The summed E-state index contributed by atoms with van der Waals surface area (Å²) in [5.41, 5.74) is 0.422. The van der Waals surface area contributed by atoms with Gasteiger partial charge in [-0.2, -0.15) is 0 Å². The summed E-state index contributed by atoms with van der Waals surface area (Å²) in [5, 5.41) is 17.2. The minimum Gasteiger partial charge on any atom is -0.550 e. The molecule has 0 amide bonds. The number of diazo groups is 1. The van der Waals surface area contributed by atoms with Crippen molar-refractivity contribution in [2.75, 3.05) is 0 Å². The highest BCUT2D eigenvalue weighted by Crippen LogP contribution is 2.17. The summed E-state index contributed by atoms with van der Waals surface area (Å²) in [5.74, 6) is -1.02. The summed E-state index contributed by atoms with van der Waals surface area (Å²) in [6.45, 7) is 2.30. The molecule has 0 aliphatic rings. The Kier molecular flexibility index (Phi) is 5.90.